The predicted octanol–water partition coefficient (Wildman–Crippen LogP) is 8.20. The van der Waals surface area contributed by atoms with Gasteiger partial charge in [-0.25, -0.2) is 14.4 Å². The number of carbonyl (C=O) groups is 1. The molecule has 9 heteroatoms. The molecule has 1 atom stereocenters. The van der Waals surface area contributed by atoms with Gasteiger partial charge in [-0.2, -0.15) is 13.2 Å². The number of hydrogen-bond donors (Lipinski definition) is 0. The number of fused-ring (bicyclic) bond motifs is 4. The molecule has 44 heavy (non-hydrogen) atoms. The van der Waals surface area contributed by atoms with E-state index >= 15 is 0 Å². The van der Waals surface area contributed by atoms with Crippen molar-refractivity contribution in [2.24, 2.45) is 16.7 Å². The van der Waals surface area contributed by atoms with Crippen molar-refractivity contribution in [2.75, 3.05) is 11.4 Å². The van der Waals surface area contributed by atoms with Gasteiger partial charge in [-0.05, 0) is 112 Å². The Kier molecular flexibility index (Phi) is 6.28. The van der Waals surface area contributed by atoms with Crippen LogP contribution in [0.1, 0.15) is 93.6 Å². The quantitative estimate of drug-likeness (QED) is 0.255. The van der Waals surface area contributed by atoms with Crippen molar-refractivity contribution < 1.29 is 22.4 Å². The van der Waals surface area contributed by atoms with E-state index in [1.165, 1.54) is 0 Å². The Bertz CT molecular complexity index is 1550. The zero-order valence-electron chi connectivity index (χ0n) is 24.6. The van der Waals surface area contributed by atoms with Crippen molar-refractivity contribution in [3.63, 3.8) is 0 Å². The Labute approximate surface area is 254 Å². The predicted molar refractivity (Wildman–Crippen MR) is 158 cm³/mol. The summed E-state index contributed by atoms with van der Waals surface area (Å²) in [5, 5.41) is 0. The third-order valence-electron chi connectivity index (χ3n) is 11.7. The Morgan fingerprint density at radius 3 is 2.14 bits per heavy atom. The van der Waals surface area contributed by atoms with Crippen LogP contribution >= 0.6 is 0 Å². The molecular formula is C35H36F4N4O. The molecule has 1 aromatic carbocycles. The third-order valence-corrected chi connectivity index (χ3v) is 11.7. The molecule has 7 saturated carbocycles. The van der Waals surface area contributed by atoms with E-state index in [1.54, 1.807) is 6.07 Å². The number of anilines is 1. The van der Waals surface area contributed by atoms with Crippen LogP contribution in [0.5, 0.6) is 0 Å². The van der Waals surface area contributed by atoms with E-state index in [2.05, 4.69) is 15.0 Å². The summed E-state index contributed by atoms with van der Waals surface area (Å²) in [6, 6.07) is 10.7. The number of alkyl halides is 4. The van der Waals surface area contributed by atoms with E-state index in [9.17, 15) is 22.4 Å². The zero-order valence-corrected chi connectivity index (χ0v) is 24.6. The first kappa shape index (κ1) is 28.1. The lowest BCUT2D eigenvalue weighted by atomic mass is 9.52. The summed E-state index contributed by atoms with van der Waals surface area (Å²) in [5.74, 6) is 1.39. The summed E-state index contributed by atoms with van der Waals surface area (Å²) >= 11 is 0. The minimum Gasteiger partial charge on any atom is -0.311 e. The van der Waals surface area contributed by atoms with Crippen LogP contribution in [-0.2, 0) is 16.4 Å². The SMILES string of the molecule is O=C(N(CC12CCC(c3ccc(C(F)(F)F)cn3)(CC1)CC2)c1cccc(-c2cnc(C3CC3)nc2)c1)C12CC(F)C(C1)C2. The van der Waals surface area contributed by atoms with Crippen molar-refractivity contribution in [3.8, 4) is 11.1 Å². The highest BCUT2D eigenvalue weighted by Gasteiger charge is 2.62. The van der Waals surface area contributed by atoms with E-state index in [0.717, 1.165) is 92.0 Å². The Morgan fingerprint density at radius 2 is 1.57 bits per heavy atom. The molecule has 7 aliphatic carbocycles. The van der Waals surface area contributed by atoms with Crippen LogP contribution in [0.25, 0.3) is 11.1 Å². The van der Waals surface area contributed by atoms with Crippen LogP contribution in [0.4, 0.5) is 23.2 Å². The number of benzene rings is 1. The lowest BCUT2D eigenvalue weighted by molar-refractivity contribution is -0.138. The molecule has 0 N–H and O–H groups in total. The molecule has 0 spiro atoms. The average Bonchev–Trinajstić information content (AvgIpc) is 3.76. The Balaban J connectivity index is 1.06. The van der Waals surface area contributed by atoms with Gasteiger partial charge in [-0.1, -0.05) is 12.1 Å². The van der Waals surface area contributed by atoms with Crippen LogP contribution in [0.3, 0.4) is 0 Å². The first-order valence-electron chi connectivity index (χ1n) is 16.0. The summed E-state index contributed by atoms with van der Waals surface area (Å²) in [6.07, 6.45) is 8.30. The van der Waals surface area contributed by atoms with Crippen LogP contribution in [0.2, 0.25) is 0 Å². The van der Waals surface area contributed by atoms with Crippen molar-refractivity contribution in [1.82, 2.24) is 15.0 Å². The fraction of sp³-hybridized carbons (Fsp3) is 0.543. The highest BCUT2D eigenvalue weighted by Crippen LogP contribution is 2.62. The topological polar surface area (TPSA) is 59.0 Å². The average molecular weight is 605 g/mol. The molecule has 0 saturated heterocycles. The second-order valence-corrected chi connectivity index (χ2v) is 14.4. The number of rotatable bonds is 7. The second kappa shape index (κ2) is 9.82. The Hall–Kier alpha value is -3.36. The third kappa shape index (κ3) is 4.64. The van der Waals surface area contributed by atoms with Gasteiger partial charge in [0.15, 0.2) is 0 Å². The summed E-state index contributed by atoms with van der Waals surface area (Å²) in [7, 11) is 0. The van der Waals surface area contributed by atoms with Gasteiger partial charge in [-0.3, -0.25) is 9.78 Å². The number of aromatic nitrogens is 3. The lowest BCUT2D eigenvalue weighted by Gasteiger charge is -2.55. The van der Waals surface area contributed by atoms with Gasteiger partial charge in [0.1, 0.15) is 12.0 Å². The van der Waals surface area contributed by atoms with Gasteiger partial charge < -0.3 is 4.90 Å². The number of amides is 1. The smallest absolute Gasteiger partial charge is 0.311 e. The monoisotopic (exact) mass is 604 g/mol. The first-order valence-corrected chi connectivity index (χ1v) is 16.0. The molecule has 230 valence electrons. The molecule has 0 aliphatic heterocycles. The molecule has 1 unspecified atom stereocenters. The molecule has 2 heterocycles. The number of nitrogens with zero attached hydrogens (tertiary/aromatic N) is 4. The molecule has 7 aliphatic rings. The molecule has 5 nitrogen and oxygen atoms in total. The fourth-order valence-electron chi connectivity index (χ4n) is 8.72. The number of halogens is 4. The van der Waals surface area contributed by atoms with E-state index in [-0.39, 0.29) is 22.7 Å². The van der Waals surface area contributed by atoms with E-state index in [4.69, 9.17) is 0 Å². The second-order valence-electron chi connectivity index (χ2n) is 14.4. The van der Waals surface area contributed by atoms with Crippen LogP contribution in [-0.4, -0.2) is 33.6 Å². The standard InChI is InChI=1S/C35H36F4N4O/c36-28-17-34(15-24(28)16-34)31(44)43(27-3-1-2-23(14-27)25-18-41-30(42-19-25)22-4-5-22)21-32-8-11-33(12-9-32,13-10-32)29-7-6-26(20-40-29)35(37,38)39/h1-3,6-7,14,18-20,22,24,28H,4-5,8-13,15-17,21H2. The fourth-order valence-corrected chi connectivity index (χ4v) is 8.72. The molecule has 10 rings (SSSR count). The van der Waals surface area contributed by atoms with Gasteiger partial charge in [0, 0.05) is 53.4 Å². The molecule has 2 aromatic heterocycles. The zero-order chi connectivity index (χ0) is 30.3. The molecule has 7 fully saturated rings. The van der Waals surface area contributed by atoms with Crippen molar-refractivity contribution in [1.29, 1.82) is 0 Å². The van der Waals surface area contributed by atoms with E-state index in [0.29, 0.717) is 31.7 Å². The van der Waals surface area contributed by atoms with Gasteiger partial charge in [0.05, 0.1) is 11.0 Å². The maximum Gasteiger partial charge on any atom is 0.417 e. The van der Waals surface area contributed by atoms with Crippen molar-refractivity contribution in [2.45, 2.75) is 94.3 Å². The Morgan fingerprint density at radius 1 is 0.864 bits per heavy atom. The van der Waals surface area contributed by atoms with Crippen LogP contribution in [0, 0.1) is 16.7 Å². The van der Waals surface area contributed by atoms with Crippen LogP contribution in [0.15, 0.2) is 55.0 Å². The van der Waals surface area contributed by atoms with E-state index < -0.39 is 23.3 Å². The maximum absolute atomic E-state index is 14.7. The molecule has 4 bridgehead atoms. The van der Waals surface area contributed by atoms with E-state index in [1.807, 2.05) is 41.6 Å². The molecule has 0 radical (unpaired) electrons. The van der Waals surface area contributed by atoms with Crippen molar-refractivity contribution in [3.05, 3.63) is 72.1 Å². The largest absolute Gasteiger partial charge is 0.417 e. The molecule has 1 amide bonds. The normalized spacial score (nSPS) is 32.4. The molecule has 3 aromatic rings. The van der Waals surface area contributed by atoms with Gasteiger partial charge in [-0.15, -0.1) is 0 Å². The minimum absolute atomic E-state index is 0.00589. The highest BCUT2D eigenvalue weighted by molar-refractivity contribution is 5.99. The minimum atomic E-state index is -4.40. The summed E-state index contributed by atoms with van der Waals surface area (Å²) < 4.78 is 54.1. The van der Waals surface area contributed by atoms with Gasteiger partial charge in [0.25, 0.3) is 0 Å². The number of hydrogen-bond acceptors (Lipinski definition) is 4. The maximum atomic E-state index is 14.7. The van der Waals surface area contributed by atoms with Gasteiger partial charge in [0.2, 0.25) is 5.91 Å². The summed E-state index contributed by atoms with van der Waals surface area (Å²) in [4.78, 5) is 29.8. The van der Waals surface area contributed by atoms with Crippen molar-refractivity contribution >= 4 is 11.6 Å². The highest BCUT2D eigenvalue weighted by atomic mass is 19.4. The number of carbonyl (C=O) groups excluding carboxylic acids is 1. The van der Waals surface area contributed by atoms with Crippen LogP contribution < -0.4 is 4.90 Å². The van der Waals surface area contributed by atoms with Gasteiger partial charge >= 0.3 is 6.18 Å². The first-order chi connectivity index (χ1) is 21.1. The summed E-state index contributed by atoms with van der Waals surface area (Å²) in [5.41, 5.74) is 1.75. The lowest BCUT2D eigenvalue weighted by Crippen LogP contribution is -2.54. The number of pyridine rings is 1. The summed E-state index contributed by atoms with van der Waals surface area (Å²) in [6.45, 7) is 0.562. The molecular weight excluding hydrogens is 568 g/mol.